The molecule has 5 nitrogen and oxygen atoms in total. The molecule has 2 heterocycles. The number of aromatic nitrogens is 2. The third-order valence-corrected chi connectivity index (χ3v) is 5.66. The molecule has 0 atom stereocenters. The van der Waals surface area contributed by atoms with Crippen molar-refractivity contribution in [2.24, 2.45) is 0 Å². The van der Waals surface area contributed by atoms with Crippen LogP contribution in [0.5, 0.6) is 5.75 Å². The first-order chi connectivity index (χ1) is 14.7. The van der Waals surface area contributed by atoms with Crippen LogP contribution < -0.4 is 10.1 Å². The van der Waals surface area contributed by atoms with Crippen molar-refractivity contribution in [2.45, 2.75) is 32.4 Å². The Labute approximate surface area is 183 Å². The number of nitrogens with one attached hydrogen (secondary N) is 1. The summed E-state index contributed by atoms with van der Waals surface area (Å²) in [5.41, 5.74) is 3.25. The average molecular weight is 423 g/mol. The number of nitrogens with zero attached hydrogens (tertiary/aromatic N) is 3. The zero-order chi connectivity index (χ0) is 20.8. The van der Waals surface area contributed by atoms with Gasteiger partial charge in [-0.15, -0.1) is 0 Å². The highest BCUT2D eigenvalue weighted by molar-refractivity contribution is 6.32. The van der Waals surface area contributed by atoms with Crippen LogP contribution >= 0.6 is 11.6 Å². The number of ether oxygens (including phenoxy) is 1. The Bertz CT molecular complexity index is 941. The second-order valence-corrected chi connectivity index (χ2v) is 7.96. The highest BCUT2D eigenvalue weighted by atomic mass is 35.5. The Morgan fingerprint density at radius 1 is 1.07 bits per heavy atom. The van der Waals surface area contributed by atoms with E-state index in [9.17, 15) is 0 Å². The Morgan fingerprint density at radius 3 is 2.50 bits per heavy atom. The van der Waals surface area contributed by atoms with Gasteiger partial charge in [0.2, 0.25) is 0 Å². The zero-order valence-electron chi connectivity index (χ0n) is 17.2. The van der Waals surface area contributed by atoms with Gasteiger partial charge in [0, 0.05) is 31.2 Å². The first kappa shape index (κ1) is 20.6. The number of hydrogen-bond acceptors (Lipinski definition) is 5. The van der Waals surface area contributed by atoms with Crippen molar-refractivity contribution in [1.29, 1.82) is 0 Å². The lowest BCUT2D eigenvalue weighted by atomic mass is 10.0. The molecule has 30 heavy (non-hydrogen) atoms. The topological polar surface area (TPSA) is 50.3 Å². The third kappa shape index (κ3) is 5.29. The summed E-state index contributed by atoms with van der Waals surface area (Å²) in [7, 11) is 0. The largest absolute Gasteiger partial charge is 0.492 e. The number of rotatable bonds is 7. The fraction of sp³-hybridized carbons (Fsp3) is 0.333. The van der Waals surface area contributed by atoms with E-state index in [4.69, 9.17) is 16.3 Å². The lowest BCUT2D eigenvalue weighted by Gasteiger charge is -2.32. The molecular weight excluding hydrogens is 396 g/mol. The molecule has 4 rings (SSSR count). The summed E-state index contributed by atoms with van der Waals surface area (Å²) in [5.74, 6) is 1.53. The maximum Gasteiger partial charge on any atom is 0.159 e. The van der Waals surface area contributed by atoms with Crippen LogP contribution in [0.4, 0.5) is 5.69 Å². The standard InChI is InChI=1S/C24H27ClN4O/c1-2-30-23-14-18(8-9-22(23)25)17-29-12-10-20(11-13-29)28-21-15-26-24(27-16-21)19-6-4-3-5-7-19/h3-9,14-16,20,28H,2,10-13,17H2,1H3. The SMILES string of the molecule is CCOc1cc(CN2CCC(Nc3cnc(-c4ccccc4)nc3)CC2)ccc1Cl. The van der Waals surface area contributed by atoms with Gasteiger partial charge < -0.3 is 10.1 Å². The van der Waals surface area contributed by atoms with Crippen molar-refractivity contribution in [2.75, 3.05) is 25.0 Å². The first-order valence-corrected chi connectivity index (χ1v) is 10.9. The normalized spacial score (nSPS) is 15.1. The minimum absolute atomic E-state index is 0.441. The Morgan fingerprint density at radius 2 is 1.80 bits per heavy atom. The second kappa shape index (κ2) is 9.92. The van der Waals surface area contributed by atoms with Gasteiger partial charge in [0.25, 0.3) is 0 Å². The van der Waals surface area contributed by atoms with Gasteiger partial charge >= 0.3 is 0 Å². The Hall–Kier alpha value is -2.63. The van der Waals surface area contributed by atoms with Crippen LogP contribution in [0.3, 0.4) is 0 Å². The van der Waals surface area contributed by atoms with Crippen LogP contribution in [0.2, 0.25) is 5.02 Å². The quantitative estimate of drug-likeness (QED) is 0.561. The molecule has 0 radical (unpaired) electrons. The van der Waals surface area contributed by atoms with Crippen LogP contribution in [-0.2, 0) is 6.54 Å². The molecule has 0 spiro atoms. The van der Waals surface area contributed by atoms with Crippen LogP contribution in [0.15, 0.2) is 60.9 Å². The Kier molecular flexibility index (Phi) is 6.82. The summed E-state index contributed by atoms with van der Waals surface area (Å²) >= 11 is 6.20. The van der Waals surface area contributed by atoms with E-state index in [1.54, 1.807) is 0 Å². The van der Waals surface area contributed by atoms with Gasteiger partial charge in [-0.1, -0.05) is 48.0 Å². The molecule has 1 fully saturated rings. The van der Waals surface area contributed by atoms with E-state index in [1.807, 2.05) is 55.7 Å². The molecule has 0 amide bonds. The molecular formula is C24H27ClN4O. The van der Waals surface area contributed by atoms with Crippen molar-refractivity contribution in [3.05, 3.63) is 71.5 Å². The summed E-state index contributed by atoms with van der Waals surface area (Å²) in [5, 5.41) is 4.26. The molecule has 6 heteroatoms. The number of piperidine rings is 1. The van der Waals surface area contributed by atoms with E-state index >= 15 is 0 Å². The number of halogens is 1. The maximum atomic E-state index is 6.20. The van der Waals surface area contributed by atoms with Crippen molar-refractivity contribution < 1.29 is 4.74 Å². The summed E-state index contributed by atoms with van der Waals surface area (Å²) in [6.45, 7) is 5.61. The zero-order valence-corrected chi connectivity index (χ0v) is 18.0. The van der Waals surface area contributed by atoms with Gasteiger partial charge in [-0.3, -0.25) is 4.90 Å². The van der Waals surface area contributed by atoms with E-state index in [0.29, 0.717) is 17.7 Å². The highest BCUT2D eigenvalue weighted by Crippen LogP contribution is 2.27. The van der Waals surface area contributed by atoms with Gasteiger partial charge in [0.05, 0.1) is 29.7 Å². The van der Waals surface area contributed by atoms with E-state index in [-0.39, 0.29) is 0 Å². The molecule has 1 N–H and O–H groups in total. The minimum Gasteiger partial charge on any atom is -0.492 e. The second-order valence-electron chi connectivity index (χ2n) is 7.55. The monoisotopic (exact) mass is 422 g/mol. The van der Waals surface area contributed by atoms with Crippen molar-refractivity contribution in [3.8, 4) is 17.1 Å². The van der Waals surface area contributed by atoms with Crippen LogP contribution in [0, 0.1) is 0 Å². The molecule has 0 unspecified atom stereocenters. The van der Waals surface area contributed by atoms with Crippen molar-refractivity contribution in [1.82, 2.24) is 14.9 Å². The predicted octanol–water partition coefficient (Wildman–Crippen LogP) is 5.27. The summed E-state index contributed by atoms with van der Waals surface area (Å²) in [6.07, 6.45) is 5.94. The Balaban J connectivity index is 1.28. The van der Waals surface area contributed by atoms with E-state index < -0.39 is 0 Å². The van der Waals surface area contributed by atoms with Gasteiger partial charge in [0.15, 0.2) is 5.82 Å². The molecule has 1 saturated heterocycles. The van der Waals surface area contributed by atoms with E-state index in [2.05, 4.69) is 32.3 Å². The van der Waals surface area contributed by atoms with Gasteiger partial charge in [-0.25, -0.2) is 9.97 Å². The molecule has 0 saturated carbocycles. The molecule has 1 aliphatic heterocycles. The molecule has 156 valence electrons. The lowest BCUT2D eigenvalue weighted by Crippen LogP contribution is -2.38. The van der Waals surface area contributed by atoms with Crippen LogP contribution in [0.1, 0.15) is 25.3 Å². The van der Waals surface area contributed by atoms with Gasteiger partial charge in [0.1, 0.15) is 5.75 Å². The van der Waals surface area contributed by atoms with Gasteiger partial charge in [-0.05, 0) is 37.5 Å². The first-order valence-electron chi connectivity index (χ1n) is 10.5. The van der Waals surface area contributed by atoms with E-state index in [0.717, 1.165) is 55.3 Å². The van der Waals surface area contributed by atoms with Crippen molar-refractivity contribution in [3.63, 3.8) is 0 Å². The third-order valence-electron chi connectivity index (χ3n) is 5.34. The number of likely N-dealkylation sites (tertiary alicyclic amines) is 1. The summed E-state index contributed by atoms with van der Waals surface area (Å²) in [4.78, 5) is 11.5. The molecule has 1 aliphatic rings. The van der Waals surface area contributed by atoms with Gasteiger partial charge in [-0.2, -0.15) is 0 Å². The number of benzene rings is 2. The molecule has 0 bridgehead atoms. The van der Waals surface area contributed by atoms with Crippen LogP contribution in [-0.4, -0.2) is 40.6 Å². The molecule has 1 aromatic heterocycles. The molecule has 2 aromatic carbocycles. The number of anilines is 1. The van der Waals surface area contributed by atoms with E-state index in [1.165, 1.54) is 5.56 Å². The van der Waals surface area contributed by atoms with Crippen LogP contribution in [0.25, 0.3) is 11.4 Å². The maximum absolute atomic E-state index is 6.20. The average Bonchev–Trinajstić information content (AvgIpc) is 2.79. The fourth-order valence-corrected chi connectivity index (χ4v) is 3.95. The predicted molar refractivity (Wildman–Crippen MR) is 122 cm³/mol. The lowest BCUT2D eigenvalue weighted by molar-refractivity contribution is 0.211. The fourth-order valence-electron chi connectivity index (χ4n) is 3.78. The molecule has 3 aromatic rings. The minimum atomic E-state index is 0.441. The number of hydrogen-bond donors (Lipinski definition) is 1. The molecule has 0 aliphatic carbocycles. The highest BCUT2D eigenvalue weighted by Gasteiger charge is 2.19. The smallest absolute Gasteiger partial charge is 0.159 e. The van der Waals surface area contributed by atoms with Crippen molar-refractivity contribution >= 4 is 17.3 Å². The summed E-state index contributed by atoms with van der Waals surface area (Å²) in [6, 6.07) is 16.6. The summed E-state index contributed by atoms with van der Waals surface area (Å²) < 4.78 is 5.61.